The molecule has 4 fully saturated rings. The van der Waals surface area contributed by atoms with Gasteiger partial charge in [0.05, 0.1) is 18.3 Å². The number of fused-ring (bicyclic) bond motifs is 7. The molecule has 3 saturated carbocycles. The Kier molecular flexibility index (Phi) is 4.98. The molecule has 0 aromatic rings. The molecular weight excluding hydrogens is 400 g/mol. The van der Waals surface area contributed by atoms with Crippen LogP contribution >= 0.6 is 0 Å². The lowest BCUT2D eigenvalue weighted by atomic mass is 9.34. The quantitative estimate of drug-likeness (QED) is 0.394. The Morgan fingerprint density at radius 1 is 0.906 bits per heavy atom. The van der Waals surface area contributed by atoms with Crippen LogP contribution in [0.15, 0.2) is 11.6 Å². The minimum absolute atomic E-state index is 0.0864. The van der Waals surface area contributed by atoms with Crippen molar-refractivity contribution in [2.75, 3.05) is 6.61 Å². The predicted molar refractivity (Wildman–Crippen MR) is 126 cm³/mol. The SMILES string of the molecule is CC1(C)C[C@@H]2C3=CC[C@@H]4[C@@]5(C)CC[C@H](O)[C@@](C)(CO)C5CC[C@@]4(C)[C@]3(C)CC[C@@]2(C)OO1. The molecule has 1 saturated heterocycles. The summed E-state index contributed by atoms with van der Waals surface area (Å²) in [6.45, 7) is 16.4. The summed E-state index contributed by atoms with van der Waals surface area (Å²) < 4.78 is 0. The molecule has 0 bridgehead atoms. The second-order valence-corrected chi connectivity index (χ2v) is 14.0. The highest BCUT2D eigenvalue weighted by Gasteiger charge is 2.68. The Bertz CT molecular complexity index is 820. The fourth-order valence-corrected chi connectivity index (χ4v) is 9.68. The average Bonchev–Trinajstić information content (AvgIpc) is 2.73. The number of hydrogen-bond donors (Lipinski definition) is 2. The summed E-state index contributed by atoms with van der Waals surface area (Å²) in [7, 11) is 0. The molecule has 1 aliphatic heterocycles. The monoisotopic (exact) mass is 446 g/mol. The molecule has 5 rings (SSSR count). The summed E-state index contributed by atoms with van der Waals surface area (Å²) in [5.41, 5.74) is 1.30. The first-order chi connectivity index (χ1) is 14.8. The minimum Gasteiger partial charge on any atom is -0.396 e. The van der Waals surface area contributed by atoms with Crippen molar-refractivity contribution in [1.82, 2.24) is 0 Å². The molecule has 0 aromatic heterocycles. The lowest BCUT2D eigenvalue weighted by molar-refractivity contribution is -0.446. The van der Waals surface area contributed by atoms with Gasteiger partial charge in [-0.1, -0.05) is 39.3 Å². The van der Waals surface area contributed by atoms with Crippen molar-refractivity contribution in [3.8, 4) is 0 Å². The molecule has 1 unspecified atom stereocenters. The van der Waals surface area contributed by atoms with E-state index in [0.717, 1.165) is 44.9 Å². The van der Waals surface area contributed by atoms with Gasteiger partial charge in [0.25, 0.3) is 0 Å². The van der Waals surface area contributed by atoms with Crippen LogP contribution in [0.4, 0.5) is 0 Å². The van der Waals surface area contributed by atoms with Crippen LogP contribution in [0.5, 0.6) is 0 Å². The molecule has 182 valence electrons. The topological polar surface area (TPSA) is 58.9 Å². The Morgan fingerprint density at radius 2 is 1.62 bits per heavy atom. The Balaban J connectivity index is 1.57. The normalized spacial score (nSPS) is 56.8. The van der Waals surface area contributed by atoms with E-state index in [0.29, 0.717) is 17.8 Å². The zero-order chi connectivity index (χ0) is 23.4. The summed E-state index contributed by atoms with van der Waals surface area (Å²) in [6.07, 6.45) is 10.7. The zero-order valence-corrected chi connectivity index (χ0v) is 21.5. The van der Waals surface area contributed by atoms with Crippen molar-refractivity contribution in [2.45, 2.75) is 117 Å². The highest BCUT2D eigenvalue weighted by molar-refractivity contribution is 5.34. The van der Waals surface area contributed by atoms with E-state index in [2.05, 4.69) is 54.5 Å². The highest BCUT2D eigenvalue weighted by Crippen LogP contribution is 2.74. The first kappa shape index (κ1) is 23.3. The number of allylic oxidation sites excluding steroid dienone is 1. The minimum atomic E-state index is -0.391. The Morgan fingerprint density at radius 3 is 2.31 bits per heavy atom. The molecule has 4 heteroatoms. The van der Waals surface area contributed by atoms with E-state index in [1.165, 1.54) is 6.42 Å². The van der Waals surface area contributed by atoms with Crippen molar-refractivity contribution in [3.63, 3.8) is 0 Å². The van der Waals surface area contributed by atoms with Crippen molar-refractivity contribution in [2.24, 2.45) is 39.4 Å². The van der Waals surface area contributed by atoms with E-state index in [1.54, 1.807) is 5.57 Å². The van der Waals surface area contributed by atoms with E-state index in [1.807, 2.05) is 0 Å². The van der Waals surface area contributed by atoms with Crippen LogP contribution in [0.2, 0.25) is 0 Å². The van der Waals surface area contributed by atoms with Gasteiger partial charge in [0.1, 0.15) is 5.60 Å². The predicted octanol–water partition coefficient (Wildman–Crippen LogP) is 5.81. The molecule has 2 N–H and O–H groups in total. The first-order valence-electron chi connectivity index (χ1n) is 13.1. The van der Waals surface area contributed by atoms with Crippen LogP contribution in [-0.2, 0) is 9.78 Å². The lowest BCUT2D eigenvalue weighted by Crippen LogP contribution is -2.66. The second kappa shape index (κ2) is 6.83. The third-order valence-corrected chi connectivity index (χ3v) is 12.0. The van der Waals surface area contributed by atoms with Gasteiger partial charge in [-0.2, -0.15) is 0 Å². The third-order valence-electron chi connectivity index (χ3n) is 12.0. The second-order valence-electron chi connectivity index (χ2n) is 14.0. The maximum atomic E-state index is 10.9. The molecule has 0 aromatic carbocycles. The molecule has 5 aliphatic rings. The van der Waals surface area contributed by atoms with Crippen LogP contribution in [0.1, 0.15) is 99.8 Å². The molecule has 4 aliphatic carbocycles. The highest BCUT2D eigenvalue weighted by atomic mass is 17.2. The van der Waals surface area contributed by atoms with Crippen molar-refractivity contribution in [1.29, 1.82) is 0 Å². The smallest absolute Gasteiger partial charge is 0.107 e. The van der Waals surface area contributed by atoms with Gasteiger partial charge in [0.15, 0.2) is 0 Å². The summed E-state index contributed by atoms with van der Waals surface area (Å²) in [5, 5.41) is 21.3. The van der Waals surface area contributed by atoms with E-state index < -0.39 is 6.10 Å². The van der Waals surface area contributed by atoms with Crippen LogP contribution in [0, 0.1) is 39.4 Å². The molecule has 4 nitrogen and oxygen atoms in total. The maximum absolute atomic E-state index is 10.9. The summed E-state index contributed by atoms with van der Waals surface area (Å²) in [6, 6.07) is 0. The summed E-state index contributed by atoms with van der Waals surface area (Å²) in [5.74, 6) is 1.36. The molecule has 9 atom stereocenters. The Hall–Kier alpha value is -0.420. The Labute approximate surface area is 195 Å². The fraction of sp³-hybridized carbons (Fsp3) is 0.929. The van der Waals surface area contributed by atoms with Gasteiger partial charge >= 0.3 is 0 Å². The van der Waals surface area contributed by atoms with E-state index in [9.17, 15) is 10.2 Å². The van der Waals surface area contributed by atoms with Gasteiger partial charge in [-0.25, -0.2) is 9.78 Å². The zero-order valence-electron chi connectivity index (χ0n) is 21.5. The summed E-state index contributed by atoms with van der Waals surface area (Å²) >= 11 is 0. The summed E-state index contributed by atoms with van der Waals surface area (Å²) in [4.78, 5) is 12.0. The van der Waals surface area contributed by atoms with Gasteiger partial charge in [-0.05, 0) is 100 Å². The fourth-order valence-electron chi connectivity index (χ4n) is 9.68. The van der Waals surface area contributed by atoms with Crippen LogP contribution in [-0.4, -0.2) is 34.1 Å². The van der Waals surface area contributed by atoms with E-state index in [4.69, 9.17) is 9.78 Å². The van der Waals surface area contributed by atoms with Crippen molar-refractivity contribution >= 4 is 0 Å². The largest absolute Gasteiger partial charge is 0.396 e. The first-order valence-corrected chi connectivity index (χ1v) is 13.1. The van der Waals surface area contributed by atoms with Crippen molar-refractivity contribution < 1.29 is 20.0 Å². The van der Waals surface area contributed by atoms with Crippen LogP contribution in [0.3, 0.4) is 0 Å². The molecular formula is C28H46O4. The molecule has 0 amide bonds. The molecule has 32 heavy (non-hydrogen) atoms. The van der Waals surface area contributed by atoms with E-state index >= 15 is 0 Å². The lowest BCUT2D eigenvalue weighted by Gasteiger charge is -2.71. The third kappa shape index (κ3) is 2.76. The van der Waals surface area contributed by atoms with E-state index in [-0.39, 0.29) is 39.5 Å². The van der Waals surface area contributed by atoms with Gasteiger partial charge in [0, 0.05) is 11.3 Å². The number of aliphatic hydroxyl groups is 2. The van der Waals surface area contributed by atoms with Crippen LogP contribution in [0.25, 0.3) is 0 Å². The molecule has 0 radical (unpaired) electrons. The average molecular weight is 447 g/mol. The standard InChI is InChI=1S/C28H46O4/c1-23(2)16-19-18-8-9-21-24(3)12-11-22(30)25(4,17-29)20(24)10-13-27(21,6)26(18,5)14-15-28(19,7)32-31-23/h8,19-22,29-30H,9-17H2,1-7H3/t19-,20?,21-,22+,24+,25+,26-,27-,28-/m1/s1. The number of hydrogen-bond acceptors (Lipinski definition) is 4. The van der Waals surface area contributed by atoms with Gasteiger partial charge in [-0.15, -0.1) is 0 Å². The van der Waals surface area contributed by atoms with Gasteiger partial charge < -0.3 is 10.2 Å². The molecule has 1 heterocycles. The molecule has 0 spiro atoms. The van der Waals surface area contributed by atoms with Gasteiger partial charge in [-0.3, -0.25) is 0 Å². The number of aliphatic hydroxyl groups excluding tert-OH is 2. The number of rotatable bonds is 1. The van der Waals surface area contributed by atoms with Crippen LogP contribution < -0.4 is 0 Å². The maximum Gasteiger partial charge on any atom is 0.107 e. The van der Waals surface area contributed by atoms with Crippen molar-refractivity contribution in [3.05, 3.63) is 11.6 Å². The van der Waals surface area contributed by atoms with Gasteiger partial charge in [0.2, 0.25) is 0 Å².